The SMILES string of the molecule is CCCCCC1C[CH]CC1. The summed E-state index contributed by atoms with van der Waals surface area (Å²) in [5.41, 5.74) is 0. The van der Waals surface area contributed by atoms with Gasteiger partial charge in [0.2, 0.25) is 0 Å². The zero-order chi connectivity index (χ0) is 7.23. The van der Waals surface area contributed by atoms with Gasteiger partial charge in [0.15, 0.2) is 0 Å². The van der Waals surface area contributed by atoms with Crippen molar-refractivity contribution in [3.8, 4) is 0 Å². The summed E-state index contributed by atoms with van der Waals surface area (Å²) in [4.78, 5) is 0. The van der Waals surface area contributed by atoms with Crippen LogP contribution in [0.15, 0.2) is 0 Å². The molecule has 0 heterocycles. The summed E-state index contributed by atoms with van der Waals surface area (Å²) in [5.74, 6) is 1.06. The third kappa shape index (κ3) is 2.72. The van der Waals surface area contributed by atoms with E-state index in [0.29, 0.717) is 0 Å². The molecule has 10 heavy (non-hydrogen) atoms. The van der Waals surface area contributed by atoms with Gasteiger partial charge in [0.05, 0.1) is 0 Å². The van der Waals surface area contributed by atoms with E-state index in [1.54, 1.807) is 0 Å². The number of rotatable bonds is 4. The van der Waals surface area contributed by atoms with Gasteiger partial charge in [0.1, 0.15) is 0 Å². The van der Waals surface area contributed by atoms with Gasteiger partial charge in [-0.2, -0.15) is 0 Å². The Morgan fingerprint density at radius 3 is 2.90 bits per heavy atom. The molecule has 1 atom stereocenters. The first kappa shape index (κ1) is 8.10. The maximum atomic E-state index is 2.45. The molecule has 0 nitrogen and oxygen atoms in total. The molecule has 0 bridgehead atoms. The van der Waals surface area contributed by atoms with Gasteiger partial charge >= 0.3 is 0 Å². The van der Waals surface area contributed by atoms with Gasteiger partial charge in [-0.3, -0.25) is 0 Å². The van der Waals surface area contributed by atoms with Crippen LogP contribution in [-0.2, 0) is 0 Å². The van der Waals surface area contributed by atoms with Crippen molar-refractivity contribution in [2.24, 2.45) is 5.92 Å². The summed E-state index contributed by atoms with van der Waals surface area (Å²) in [6.07, 6.45) is 12.5. The van der Waals surface area contributed by atoms with Crippen LogP contribution in [-0.4, -0.2) is 0 Å². The van der Waals surface area contributed by atoms with Crippen molar-refractivity contribution in [3.05, 3.63) is 6.42 Å². The summed E-state index contributed by atoms with van der Waals surface area (Å²) >= 11 is 0. The molecule has 0 aliphatic heterocycles. The third-order valence-electron chi connectivity index (χ3n) is 2.49. The number of hydrogen-bond donors (Lipinski definition) is 0. The highest BCUT2D eigenvalue weighted by Gasteiger charge is 2.13. The van der Waals surface area contributed by atoms with Crippen molar-refractivity contribution in [2.45, 2.75) is 51.9 Å². The Hall–Kier alpha value is 0. The van der Waals surface area contributed by atoms with Crippen LogP contribution < -0.4 is 0 Å². The molecule has 1 unspecified atom stereocenters. The minimum Gasteiger partial charge on any atom is -0.0654 e. The summed E-state index contributed by atoms with van der Waals surface area (Å²) in [7, 11) is 0. The van der Waals surface area contributed by atoms with Crippen LogP contribution in [0.1, 0.15) is 51.9 Å². The topological polar surface area (TPSA) is 0 Å². The summed E-state index contributed by atoms with van der Waals surface area (Å²) in [6.45, 7) is 2.28. The van der Waals surface area contributed by atoms with Crippen molar-refractivity contribution in [3.63, 3.8) is 0 Å². The lowest BCUT2D eigenvalue weighted by atomic mass is 10.0. The lowest BCUT2D eigenvalue weighted by Crippen LogP contribution is -1.91. The van der Waals surface area contributed by atoms with Gasteiger partial charge in [-0.25, -0.2) is 0 Å². The lowest BCUT2D eigenvalue weighted by molar-refractivity contribution is 0.476. The molecule has 1 rings (SSSR count). The molecule has 0 aromatic heterocycles. The fraction of sp³-hybridized carbons (Fsp3) is 0.900. The molecule has 0 saturated heterocycles. The van der Waals surface area contributed by atoms with Gasteiger partial charge in [0.25, 0.3) is 0 Å². The zero-order valence-electron chi connectivity index (χ0n) is 7.10. The van der Waals surface area contributed by atoms with E-state index in [9.17, 15) is 0 Å². The Morgan fingerprint density at radius 2 is 2.30 bits per heavy atom. The molecular weight excluding hydrogens is 120 g/mol. The Bertz CT molecular complexity index is 70.1. The average molecular weight is 139 g/mol. The van der Waals surface area contributed by atoms with Crippen LogP contribution in [0.4, 0.5) is 0 Å². The molecule has 0 heteroatoms. The van der Waals surface area contributed by atoms with Gasteiger partial charge in [-0.15, -0.1) is 0 Å². The largest absolute Gasteiger partial charge is 0.0654 e. The van der Waals surface area contributed by atoms with Crippen molar-refractivity contribution in [1.29, 1.82) is 0 Å². The monoisotopic (exact) mass is 139 g/mol. The fourth-order valence-electron chi connectivity index (χ4n) is 1.77. The quantitative estimate of drug-likeness (QED) is 0.522. The van der Waals surface area contributed by atoms with Crippen LogP contribution in [0.5, 0.6) is 0 Å². The highest BCUT2D eigenvalue weighted by molar-refractivity contribution is 4.80. The Balaban J connectivity index is 1.91. The summed E-state index contributed by atoms with van der Waals surface area (Å²) < 4.78 is 0. The second-order valence-corrected chi connectivity index (χ2v) is 3.46. The van der Waals surface area contributed by atoms with Crippen LogP contribution in [0.3, 0.4) is 0 Å². The van der Waals surface area contributed by atoms with E-state index in [1.165, 1.54) is 44.9 Å². The van der Waals surface area contributed by atoms with Crippen molar-refractivity contribution >= 4 is 0 Å². The normalized spacial score (nSPS) is 20.1. The summed E-state index contributed by atoms with van der Waals surface area (Å²) in [5, 5.41) is 0. The second kappa shape index (κ2) is 4.76. The van der Waals surface area contributed by atoms with Gasteiger partial charge in [-0.05, 0) is 25.2 Å². The maximum absolute atomic E-state index is 2.45. The molecule has 0 amide bonds. The molecule has 1 fully saturated rings. The Morgan fingerprint density at radius 1 is 1.40 bits per heavy atom. The molecule has 1 aliphatic carbocycles. The van der Waals surface area contributed by atoms with E-state index in [1.807, 2.05) is 0 Å². The maximum Gasteiger partial charge on any atom is -0.0383 e. The molecular formula is C10H19. The van der Waals surface area contributed by atoms with Gasteiger partial charge in [-0.1, -0.05) is 39.0 Å². The van der Waals surface area contributed by atoms with Crippen LogP contribution >= 0.6 is 0 Å². The summed E-state index contributed by atoms with van der Waals surface area (Å²) in [6, 6.07) is 0. The first-order chi connectivity index (χ1) is 4.93. The Kier molecular flexibility index (Phi) is 3.86. The molecule has 0 aromatic rings. The van der Waals surface area contributed by atoms with E-state index in [-0.39, 0.29) is 0 Å². The second-order valence-electron chi connectivity index (χ2n) is 3.46. The van der Waals surface area contributed by atoms with Crippen LogP contribution in [0.25, 0.3) is 0 Å². The van der Waals surface area contributed by atoms with Crippen molar-refractivity contribution < 1.29 is 0 Å². The van der Waals surface area contributed by atoms with Crippen molar-refractivity contribution in [1.82, 2.24) is 0 Å². The van der Waals surface area contributed by atoms with E-state index in [2.05, 4.69) is 13.3 Å². The first-order valence-corrected chi connectivity index (χ1v) is 4.75. The standard InChI is InChI=1S/C10H19/c1-2-3-4-7-10-8-5-6-9-10/h5,10H,2-4,6-9H2,1H3. The van der Waals surface area contributed by atoms with Gasteiger partial charge < -0.3 is 0 Å². The Labute approximate surface area is 65.0 Å². The molecule has 59 valence electrons. The molecule has 0 N–H and O–H groups in total. The van der Waals surface area contributed by atoms with E-state index >= 15 is 0 Å². The molecule has 1 saturated carbocycles. The van der Waals surface area contributed by atoms with E-state index < -0.39 is 0 Å². The van der Waals surface area contributed by atoms with Gasteiger partial charge in [0, 0.05) is 0 Å². The van der Waals surface area contributed by atoms with E-state index in [0.717, 1.165) is 5.92 Å². The smallest absolute Gasteiger partial charge is 0.0383 e. The predicted molar refractivity (Wildman–Crippen MR) is 45.8 cm³/mol. The minimum absolute atomic E-state index is 1.06. The van der Waals surface area contributed by atoms with Crippen molar-refractivity contribution in [2.75, 3.05) is 0 Å². The highest BCUT2D eigenvalue weighted by Crippen LogP contribution is 2.28. The molecule has 1 radical (unpaired) electrons. The number of unbranched alkanes of at least 4 members (excludes halogenated alkanes) is 2. The minimum atomic E-state index is 1.06. The van der Waals surface area contributed by atoms with E-state index in [4.69, 9.17) is 0 Å². The van der Waals surface area contributed by atoms with Crippen LogP contribution in [0.2, 0.25) is 0 Å². The average Bonchev–Trinajstić information content (AvgIpc) is 2.41. The predicted octanol–water partition coefficient (Wildman–Crippen LogP) is 3.57. The first-order valence-electron chi connectivity index (χ1n) is 4.75. The molecule has 0 spiro atoms. The zero-order valence-corrected chi connectivity index (χ0v) is 7.10. The third-order valence-corrected chi connectivity index (χ3v) is 2.49. The molecule has 0 aromatic carbocycles. The lowest BCUT2D eigenvalue weighted by Gasteiger charge is -2.06. The fourth-order valence-corrected chi connectivity index (χ4v) is 1.77. The highest BCUT2D eigenvalue weighted by atomic mass is 14.2. The van der Waals surface area contributed by atoms with Crippen LogP contribution in [0, 0.1) is 12.3 Å². The molecule has 1 aliphatic rings. The number of hydrogen-bond acceptors (Lipinski definition) is 0.